The van der Waals surface area contributed by atoms with Crippen LogP contribution < -0.4 is 0 Å². The summed E-state index contributed by atoms with van der Waals surface area (Å²) in [6.07, 6.45) is 0.983. The van der Waals surface area contributed by atoms with Crippen LogP contribution in [0.3, 0.4) is 0 Å². The van der Waals surface area contributed by atoms with Gasteiger partial charge >= 0.3 is 5.97 Å². The van der Waals surface area contributed by atoms with Crippen LogP contribution in [-0.4, -0.2) is 16.6 Å². The first-order chi connectivity index (χ1) is 10.7. The number of hydrogen-bond donors (Lipinski definition) is 0. The van der Waals surface area contributed by atoms with Crippen molar-refractivity contribution in [2.24, 2.45) is 0 Å². The molecule has 0 amide bonds. The van der Waals surface area contributed by atoms with Crippen LogP contribution in [0.5, 0.6) is 0 Å². The lowest BCUT2D eigenvalue weighted by atomic mass is 10.1. The predicted octanol–water partition coefficient (Wildman–Crippen LogP) is 4.05. The van der Waals surface area contributed by atoms with E-state index in [1.807, 2.05) is 0 Å². The number of carbonyl (C=O) groups is 1. The van der Waals surface area contributed by atoms with Crippen molar-refractivity contribution in [2.45, 2.75) is 32.8 Å². The molecule has 0 radical (unpaired) electrons. The quantitative estimate of drug-likeness (QED) is 0.800. The summed E-state index contributed by atoms with van der Waals surface area (Å²) in [5, 5.41) is 0. The zero-order chi connectivity index (χ0) is 17.2. The van der Waals surface area contributed by atoms with Gasteiger partial charge in [0.05, 0.1) is 6.42 Å². The Balaban J connectivity index is 2.33. The van der Waals surface area contributed by atoms with Gasteiger partial charge in [-0.15, -0.1) is 0 Å². The number of rotatable bonds is 3. The highest BCUT2D eigenvalue weighted by atomic mass is 19.1. The first-order valence-corrected chi connectivity index (χ1v) is 6.97. The highest BCUT2D eigenvalue weighted by molar-refractivity contribution is 5.74. The van der Waals surface area contributed by atoms with Crippen LogP contribution >= 0.6 is 0 Å². The summed E-state index contributed by atoms with van der Waals surface area (Å²) in [5.74, 6) is -3.07. The maximum Gasteiger partial charge on any atom is 0.310 e. The van der Waals surface area contributed by atoms with Crippen LogP contribution in [0.2, 0.25) is 0 Å². The first-order valence-electron chi connectivity index (χ1n) is 6.97. The second-order valence-corrected chi connectivity index (χ2v) is 6.05. The van der Waals surface area contributed by atoms with Gasteiger partial charge in [-0.25, -0.2) is 13.2 Å². The van der Waals surface area contributed by atoms with E-state index in [2.05, 4.69) is 4.98 Å². The Hall–Kier alpha value is -2.37. The number of benzene rings is 1. The van der Waals surface area contributed by atoms with Gasteiger partial charge in [-0.2, -0.15) is 0 Å². The van der Waals surface area contributed by atoms with Crippen molar-refractivity contribution < 1.29 is 22.7 Å². The van der Waals surface area contributed by atoms with E-state index >= 15 is 0 Å². The lowest BCUT2D eigenvalue weighted by Crippen LogP contribution is -2.25. The fraction of sp³-hybridized carbons (Fsp3) is 0.294. The van der Waals surface area contributed by atoms with E-state index in [1.165, 1.54) is 12.3 Å². The molecule has 1 heterocycles. The molecule has 2 rings (SSSR count). The topological polar surface area (TPSA) is 39.2 Å². The molecule has 0 aliphatic rings. The molecule has 6 heteroatoms. The number of pyridine rings is 1. The lowest BCUT2D eigenvalue weighted by Gasteiger charge is -2.19. The Morgan fingerprint density at radius 1 is 1.13 bits per heavy atom. The van der Waals surface area contributed by atoms with Crippen molar-refractivity contribution in [3.05, 3.63) is 53.5 Å². The predicted molar refractivity (Wildman–Crippen MR) is 79.1 cm³/mol. The van der Waals surface area contributed by atoms with E-state index in [9.17, 15) is 18.0 Å². The zero-order valence-electron chi connectivity index (χ0n) is 13.0. The number of nitrogens with zero attached hydrogens (tertiary/aromatic N) is 1. The van der Waals surface area contributed by atoms with Crippen molar-refractivity contribution in [2.75, 3.05) is 0 Å². The molecule has 0 fully saturated rings. The molecule has 0 aliphatic heterocycles. The molecule has 1 aromatic heterocycles. The van der Waals surface area contributed by atoms with Gasteiger partial charge in [0.15, 0.2) is 5.82 Å². The molecule has 2 aromatic rings. The summed E-state index contributed by atoms with van der Waals surface area (Å²) in [5.41, 5.74) is -0.890. The standard InChI is InChI=1S/C17H16F3NO2/c1-17(2,3)23-14(22)8-10-4-5-21-16(15(10)20)11-6-12(18)9-13(19)7-11/h4-7,9H,8H2,1-3H3. The van der Waals surface area contributed by atoms with Crippen molar-refractivity contribution in [1.82, 2.24) is 4.98 Å². The van der Waals surface area contributed by atoms with Gasteiger partial charge in [-0.05, 0) is 39.0 Å². The Labute approximate surface area is 132 Å². The largest absolute Gasteiger partial charge is 0.460 e. The van der Waals surface area contributed by atoms with E-state index in [1.54, 1.807) is 20.8 Å². The highest BCUT2D eigenvalue weighted by Crippen LogP contribution is 2.25. The van der Waals surface area contributed by atoms with E-state index in [-0.39, 0.29) is 23.2 Å². The summed E-state index contributed by atoms with van der Waals surface area (Å²) in [6.45, 7) is 5.11. The maximum absolute atomic E-state index is 14.5. The molecule has 1 aromatic carbocycles. The van der Waals surface area contributed by atoms with Crippen LogP contribution in [0, 0.1) is 17.5 Å². The van der Waals surface area contributed by atoms with Crippen molar-refractivity contribution >= 4 is 5.97 Å². The summed E-state index contributed by atoms with van der Waals surface area (Å²) < 4.78 is 46.2. The van der Waals surface area contributed by atoms with Gasteiger partial charge in [-0.3, -0.25) is 9.78 Å². The molecule has 0 saturated heterocycles. The molecular formula is C17H16F3NO2. The maximum atomic E-state index is 14.5. The number of hydrogen-bond acceptors (Lipinski definition) is 3. The van der Waals surface area contributed by atoms with Crippen molar-refractivity contribution in [3.8, 4) is 11.3 Å². The minimum Gasteiger partial charge on any atom is -0.460 e. The molecule has 122 valence electrons. The molecule has 0 atom stereocenters. The summed E-state index contributed by atoms with van der Waals surface area (Å²) in [6, 6.07) is 3.97. The average Bonchev–Trinajstić information content (AvgIpc) is 2.37. The monoisotopic (exact) mass is 323 g/mol. The Morgan fingerprint density at radius 2 is 1.74 bits per heavy atom. The Morgan fingerprint density at radius 3 is 2.30 bits per heavy atom. The number of ether oxygens (including phenoxy) is 1. The van der Waals surface area contributed by atoms with Gasteiger partial charge in [0.25, 0.3) is 0 Å². The fourth-order valence-corrected chi connectivity index (χ4v) is 2.05. The smallest absolute Gasteiger partial charge is 0.310 e. The second-order valence-electron chi connectivity index (χ2n) is 6.05. The van der Waals surface area contributed by atoms with Crippen LogP contribution in [0.1, 0.15) is 26.3 Å². The fourth-order valence-electron chi connectivity index (χ4n) is 2.05. The molecule has 0 saturated carbocycles. The summed E-state index contributed by atoms with van der Waals surface area (Å²) in [7, 11) is 0. The molecule has 0 bridgehead atoms. The number of carbonyl (C=O) groups excluding carboxylic acids is 1. The number of halogens is 3. The molecule has 0 aliphatic carbocycles. The van der Waals surface area contributed by atoms with E-state index in [0.717, 1.165) is 12.1 Å². The normalized spacial score (nSPS) is 11.4. The van der Waals surface area contributed by atoms with Crippen LogP contribution in [-0.2, 0) is 16.0 Å². The van der Waals surface area contributed by atoms with Crippen LogP contribution in [0.15, 0.2) is 30.5 Å². The SMILES string of the molecule is CC(C)(C)OC(=O)Cc1ccnc(-c2cc(F)cc(F)c2)c1F. The van der Waals surface area contributed by atoms with Crippen LogP contribution in [0.25, 0.3) is 11.3 Å². The lowest BCUT2D eigenvalue weighted by molar-refractivity contribution is -0.153. The Kier molecular flexibility index (Phi) is 4.73. The van der Waals surface area contributed by atoms with Crippen molar-refractivity contribution in [1.29, 1.82) is 0 Å². The minimum atomic E-state index is -0.834. The van der Waals surface area contributed by atoms with E-state index in [4.69, 9.17) is 4.74 Å². The summed E-state index contributed by atoms with van der Waals surface area (Å²) in [4.78, 5) is 15.6. The molecular weight excluding hydrogens is 307 g/mol. The summed E-state index contributed by atoms with van der Waals surface area (Å²) >= 11 is 0. The van der Waals surface area contributed by atoms with E-state index in [0.29, 0.717) is 6.07 Å². The van der Waals surface area contributed by atoms with Gasteiger partial charge in [-0.1, -0.05) is 0 Å². The third-order valence-corrected chi connectivity index (χ3v) is 2.86. The zero-order valence-corrected chi connectivity index (χ0v) is 13.0. The van der Waals surface area contributed by atoms with Crippen molar-refractivity contribution in [3.63, 3.8) is 0 Å². The van der Waals surface area contributed by atoms with Gasteiger partial charge in [0.2, 0.25) is 0 Å². The number of aromatic nitrogens is 1. The third kappa shape index (κ3) is 4.55. The van der Waals surface area contributed by atoms with E-state index < -0.39 is 29.0 Å². The second kappa shape index (κ2) is 6.40. The third-order valence-electron chi connectivity index (χ3n) is 2.86. The van der Waals surface area contributed by atoms with Gasteiger partial charge < -0.3 is 4.74 Å². The molecule has 0 N–H and O–H groups in total. The van der Waals surface area contributed by atoms with Gasteiger partial charge in [0, 0.05) is 23.4 Å². The van der Waals surface area contributed by atoms with Gasteiger partial charge in [0.1, 0.15) is 22.9 Å². The molecule has 23 heavy (non-hydrogen) atoms. The first kappa shape index (κ1) is 17.0. The Bertz CT molecular complexity index is 719. The minimum absolute atomic E-state index is 0.0361. The molecule has 3 nitrogen and oxygen atoms in total. The average molecular weight is 323 g/mol. The van der Waals surface area contributed by atoms with Crippen LogP contribution in [0.4, 0.5) is 13.2 Å². The molecule has 0 unspecified atom stereocenters. The number of esters is 1. The molecule has 0 spiro atoms. The highest BCUT2D eigenvalue weighted by Gasteiger charge is 2.20.